The van der Waals surface area contributed by atoms with Crippen LogP contribution in [0.5, 0.6) is 0 Å². The molecule has 0 unspecified atom stereocenters. The Morgan fingerprint density at radius 1 is 0.871 bits per heavy atom. The monoisotopic (exact) mass is 412 g/mol. The molecule has 3 aromatic carbocycles. The van der Waals surface area contributed by atoms with Crippen LogP contribution in [-0.2, 0) is 11.2 Å². The summed E-state index contributed by atoms with van der Waals surface area (Å²) in [7, 11) is 0. The van der Waals surface area contributed by atoms with Gasteiger partial charge in [0.05, 0.1) is 6.42 Å². The third-order valence-corrected chi connectivity index (χ3v) is 5.11. The lowest BCUT2D eigenvalue weighted by Gasteiger charge is -2.07. The maximum absolute atomic E-state index is 12.4. The largest absolute Gasteiger partial charge is 0.352 e. The number of benzene rings is 3. The topological polar surface area (TPSA) is 82.9 Å². The van der Waals surface area contributed by atoms with Crippen LogP contribution >= 0.6 is 0 Å². The molecule has 31 heavy (non-hydrogen) atoms. The van der Waals surface area contributed by atoms with E-state index in [1.54, 1.807) is 12.1 Å². The van der Waals surface area contributed by atoms with Crippen molar-refractivity contribution >= 4 is 34.1 Å². The molecule has 6 nitrogen and oxygen atoms in total. The average molecular weight is 412 g/mol. The van der Waals surface area contributed by atoms with Gasteiger partial charge in [0, 0.05) is 24.2 Å². The Labute approximate surface area is 181 Å². The number of carbonyl (C=O) groups excluding carboxylic acids is 2. The van der Waals surface area contributed by atoms with Crippen LogP contribution in [0.25, 0.3) is 10.8 Å². The second-order valence-electron chi connectivity index (χ2n) is 7.52. The highest BCUT2D eigenvalue weighted by atomic mass is 16.2. The lowest BCUT2D eigenvalue weighted by Crippen LogP contribution is -2.31. The number of hydrogen-bond donors (Lipinski definition) is 2. The van der Waals surface area contributed by atoms with E-state index >= 15 is 0 Å². The first-order valence-electron chi connectivity index (χ1n) is 10.4. The van der Waals surface area contributed by atoms with Gasteiger partial charge in [-0.15, -0.1) is 5.10 Å². The predicted octanol–water partition coefficient (Wildman–Crippen LogP) is 3.87. The lowest BCUT2D eigenvalue weighted by molar-refractivity contribution is -0.119. The van der Waals surface area contributed by atoms with Gasteiger partial charge in [-0.25, -0.2) is 0 Å². The van der Waals surface area contributed by atoms with Gasteiger partial charge in [0.2, 0.25) is 5.91 Å². The Bertz CT molecular complexity index is 1150. The summed E-state index contributed by atoms with van der Waals surface area (Å²) < 4.78 is 0. The van der Waals surface area contributed by atoms with Gasteiger partial charge >= 0.3 is 0 Å². The third-order valence-electron chi connectivity index (χ3n) is 5.11. The zero-order valence-corrected chi connectivity index (χ0v) is 17.2. The van der Waals surface area contributed by atoms with Gasteiger partial charge in [0.25, 0.3) is 5.91 Å². The smallest absolute Gasteiger partial charge is 0.251 e. The van der Waals surface area contributed by atoms with E-state index in [-0.39, 0.29) is 11.8 Å². The number of fused-ring (bicyclic) bond motifs is 1. The first-order chi connectivity index (χ1) is 15.2. The number of rotatable bonds is 7. The van der Waals surface area contributed by atoms with Crippen molar-refractivity contribution in [1.29, 1.82) is 0 Å². The van der Waals surface area contributed by atoms with Gasteiger partial charge in [-0.2, -0.15) is 5.10 Å². The van der Waals surface area contributed by atoms with Crippen LogP contribution in [0.4, 0.5) is 0 Å². The summed E-state index contributed by atoms with van der Waals surface area (Å²) in [5, 5.41) is 16.3. The van der Waals surface area contributed by atoms with E-state index in [0.717, 1.165) is 34.9 Å². The van der Waals surface area contributed by atoms with E-state index < -0.39 is 0 Å². The van der Waals surface area contributed by atoms with E-state index in [1.807, 2.05) is 54.6 Å². The molecule has 6 heteroatoms. The molecule has 0 aromatic heterocycles. The maximum Gasteiger partial charge on any atom is 0.251 e. The molecule has 1 aliphatic heterocycles. The zero-order valence-electron chi connectivity index (χ0n) is 17.2. The van der Waals surface area contributed by atoms with E-state index in [0.29, 0.717) is 30.8 Å². The molecule has 0 aliphatic carbocycles. The van der Waals surface area contributed by atoms with Crippen molar-refractivity contribution in [3.63, 3.8) is 0 Å². The van der Waals surface area contributed by atoms with E-state index in [1.165, 1.54) is 0 Å². The normalized spacial score (nSPS) is 12.9. The summed E-state index contributed by atoms with van der Waals surface area (Å²) in [6, 6.07) is 23.3. The van der Waals surface area contributed by atoms with Crippen molar-refractivity contribution < 1.29 is 9.59 Å². The molecule has 0 spiro atoms. The van der Waals surface area contributed by atoms with E-state index in [2.05, 4.69) is 26.9 Å². The molecule has 2 N–H and O–H groups in total. The molecule has 0 fully saturated rings. The van der Waals surface area contributed by atoms with Gasteiger partial charge in [0.15, 0.2) is 0 Å². The Morgan fingerprint density at radius 3 is 2.48 bits per heavy atom. The van der Waals surface area contributed by atoms with Crippen LogP contribution in [-0.4, -0.2) is 29.9 Å². The lowest BCUT2D eigenvalue weighted by atomic mass is 10.0. The highest BCUT2D eigenvalue weighted by molar-refractivity contribution is 6.11. The minimum absolute atomic E-state index is 0.0770. The second kappa shape index (κ2) is 9.80. The first kappa shape index (κ1) is 20.5. The SMILES string of the molecule is O=C(Cc1ccc2ccccc2c1)NC1=NN=C(CCCNC(=O)c2ccccc2)C1. The van der Waals surface area contributed by atoms with Crippen LogP contribution in [0.3, 0.4) is 0 Å². The Balaban J connectivity index is 1.17. The average Bonchev–Trinajstić information content (AvgIpc) is 3.24. The summed E-state index contributed by atoms with van der Waals surface area (Å²) in [5.74, 6) is 0.404. The summed E-state index contributed by atoms with van der Waals surface area (Å²) in [6.45, 7) is 0.566. The molecule has 156 valence electrons. The van der Waals surface area contributed by atoms with Crippen molar-refractivity contribution in [1.82, 2.24) is 10.6 Å². The molecule has 0 saturated heterocycles. The Hall–Kier alpha value is -3.80. The van der Waals surface area contributed by atoms with Crippen LogP contribution in [0.2, 0.25) is 0 Å². The number of nitrogens with zero attached hydrogens (tertiary/aromatic N) is 2. The first-order valence-corrected chi connectivity index (χ1v) is 10.4. The highest BCUT2D eigenvalue weighted by Gasteiger charge is 2.15. The minimum atomic E-state index is -0.0967. The van der Waals surface area contributed by atoms with Gasteiger partial charge in [-0.3, -0.25) is 9.59 Å². The van der Waals surface area contributed by atoms with E-state index in [4.69, 9.17) is 0 Å². The molecule has 4 rings (SSSR count). The number of amides is 2. The van der Waals surface area contributed by atoms with Gasteiger partial charge < -0.3 is 10.6 Å². The quantitative estimate of drug-likeness (QED) is 0.578. The van der Waals surface area contributed by atoms with Crippen LogP contribution in [0.1, 0.15) is 35.2 Å². The van der Waals surface area contributed by atoms with Gasteiger partial charge in [0.1, 0.15) is 5.84 Å². The fourth-order valence-electron chi connectivity index (χ4n) is 3.53. The molecular weight excluding hydrogens is 388 g/mol. The van der Waals surface area contributed by atoms with Crippen molar-refractivity contribution in [2.45, 2.75) is 25.7 Å². The number of amidine groups is 1. The number of nitrogens with one attached hydrogen (secondary N) is 2. The number of carbonyl (C=O) groups is 2. The Kier molecular flexibility index (Phi) is 6.47. The molecule has 1 heterocycles. The summed E-state index contributed by atoms with van der Waals surface area (Å²) >= 11 is 0. The Morgan fingerprint density at radius 2 is 1.65 bits per heavy atom. The molecule has 1 aliphatic rings. The summed E-state index contributed by atoms with van der Waals surface area (Å²) in [4.78, 5) is 24.4. The highest BCUT2D eigenvalue weighted by Crippen LogP contribution is 2.16. The summed E-state index contributed by atoms with van der Waals surface area (Å²) in [6.07, 6.45) is 2.33. The molecule has 0 atom stereocenters. The summed E-state index contributed by atoms with van der Waals surface area (Å²) in [5.41, 5.74) is 2.53. The second-order valence-corrected chi connectivity index (χ2v) is 7.52. The van der Waals surface area contributed by atoms with E-state index in [9.17, 15) is 9.59 Å². The molecule has 0 radical (unpaired) electrons. The zero-order chi connectivity index (χ0) is 21.5. The fourth-order valence-corrected chi connectivity index (χ4v) is 3.53. The van der Waals surface area contributed by atoms with Crippen molar-refractivity contribution in [3.8, 4) is 0 Å². The van der Waals surface area contributed by atoms with Crippen LogP contribution < -0.4 is 10.6 Å². The molecule has 2 amide bonds. The predicted molar refractivity (Wildman–Crippen MR) is 123 cm³/mol. The molecule has 0 saturated carbocycles. The van der Waals surface area contributed by atoms with Crippen LogP contribution in [0.15, 0.2) is 83.0 Å². The minimum Gasteiger partial charge on any atom is -0.352 e. The molecule has 0 bridgehead atoms. The fraction of sp³-hybridized carbons (Fsp3) is 0.200. The molecular formula is C25H24N4O2. The third kappa shape index (κ3) is 5.63. The van der Waals surface area contributed by atoms with Crippen LogP contribution in [0, 0.1) is 0 Å². The standard InChI is InChI=1S/C25H24N4O2/c30-24(16-18-12-13-19-7-4-5-10-21(19)15-18)27-23-17-22(28-29-23)11-6-14-26-25(31)20-8-2-1-3-9-20/h1-5,7-10,12-13,15H,6,11,14,16-17H2,(H,26,31)(H,27,29,30). The van der Waals surface area contributed by atoms with Gasteiger partial charge in [-0.05, 0) is 41.3 Å². The van der Waals surface area contributed by atoms with Crippen molar-refractivity contribution in [2.24, 2.45) is 10.2 Å². The van der Waals surface area contributed by atoms with Crippen molar-refractivity contribution in [2.75, 3.05) is 6.54 Å². The van der Waals surface area contributed by atoms with Gasteiger partial charge in [-0.1, -0.05) is 60.7 Å². The maximum atomic E-state index is 12.4. The number of hydrogen-bond acceptors (Lipinski definition) is 4. The molecule has 3 aromatic rings. The van der Waals surface area contributed by atoms with Crippen molar-refractivity contribution in [3.05, 3.63) is 83.9 Å².